The molecular weight excluding hydrogens is 206 g/mol. The molecule has 2 N–H and O–H groups in total. The summed E-state index contributed by atoms with van der Waals surface area (Å²) in [6, 6.07) is 0. The molecule has 16 heavy (non-hydrogen) atoms. The second-order valence-electron chi connectivity index (χ2n) is 3.71. The van der Waals surface area contributed by atoms with Gasteiger partial charge in [-0.1, -0.05) is 6.92 Å². The Labute approximate surface area is 94.0 Å². The quantitative estimate of drug-likeness (QED) is 0.822. The first kappa shape index (κ1) is 10.9. The number of nitrogen functional groups attached to an aromatic ring is 1. The third-order valence-corrected chi connectivity index (χ3v) is 2.67. The van der Waals surface area contributed by atoms with Crippen LogP contribution in [0.4, 0.5) is 5.95 Å². The van der Waals surface area contributed by atoms with E-state index in [4.69, 9.17) is 10.5 Å². The van der Waals surface area contributed by atoms with Crippen molar-refractivity contribution >= 4 is 17.1 Å². The zero-order valence-corrected chi connectivity index (χ0v) is 9.90. The lowest BCUT2D eigenvalue weighted by Gasteiger charge is -2.05. The highest BCUT2D eigenvalue weighted by molar-refractivity contribution is 5.77. The monoisotopic (exact) mass is 223 g/mol. The van der Waals surface area contributed by atoms with Gasteiger partial charge in [0.1, 0.15) is 5.52 Å². The van der Waals surface area contributed by atoms with E-state index in [1.54, 1.807) is 7.11 Å². The third kappa shape index (κ3) is 1.55. The molecule has 0 aliphatic heterocycles. The number of nitrogens with two attached hydrogens (primary N) is 1. The lowest BCUT2D eigenvalue weighted by atomic mass is 10.3. The molecule has 0 aliphatic rings. The van der Waals surface area contributed by atoms with Gasteiger partial charge in [0.05, 0.1) is 18.8 Å². The van der Waals surface area contributed by atoms with Crippen molar-refractivity contribution in [2.75, 3.05) is 19.5 Å². The number of methoxy groups -OCH3 is 1. The Balaban J connectivity index is 2.55. The maximum Gasteiger partial charge on any atom is 0.202 e. The largest absolute Gasteiger partial charge is 0.383 e. The summed E-state index contributed by atoms with van der Waals surface area (Å²) >= 11 is 0. The van der Waals surface area contributed by atoms with Crippen molar-refractivity contribution in [3.8, 4) is 0 Å². The highest BCUT2D eigenvalue weighted by Crippen LogP contribution is 2.20. The molecule has 2 heterocycles. The SMILES string of the molecule is CCc1nn(C)c2c1nc(N)n2CCOC. The number of rotatable bonds is 4. The van der Waals surface area contributed by atoms with Crippen LogP contribution < -0.4 is 5.73 Å². The first-order valence-corrected chi connectivity index (χ1v) is 5.35. The van der Waals surface area contributed by atoms with Crippen LogP contribution in [0.1, 0.15) is 12.6 Å². The number of aromatic nitrogens is 4. The van der Waals surface area contributed by atoms with Crippen molar-refractivity contribution in [2.45, 2.75) is 19.9 Å². The van der Waals surface area contributed by atoms with E-state index in [1.807, 2.05) is 16.3 Å². The summed E-state index contributed by atoms with van der Waals surface area (Å²) in [6.07, 6.45) is 0.859. The number of hydrogen-bond donors (Lipinski definition) is 1. The van der Waals surface area contributed by atoms with Crippen LogP contribution in [-0.4, -0.2) is 33.0 Å². The zero-order chi connectivity index (χ0) is 11.7. The van der Waals surface area contributed by atoms with Crippen LogP contribution in [-0.2, 0) is 24.8 Å². The first-order valence-electron chi connectivity index (χ1n) is 5.35. The number of ether oxygens (including phenoxy) is 1. The lowest BCUT2D eigenvalue weighted by Crippen LogP contribution is -2.10. The summed E-state index contributed by atoms with van der Waals surface area (Å²) in [5, 5.41) is 4.42. The van der Waals surface area contributed by atoms with E-state index in [-0.39, 0.29) is 0 Å². The fraction of sp³-hybridized carbons (Fsp3) is 0.600. The summed E-state index contributed by atoms with van der Waals surface area (Å²) < 4.78 is 8.82. The van der Waals surface area contributed by atoms with Gasteiger partial charge in [0, 0.05) is 14.2 Å². The molecule has 2 rings (SSSR count). The Bertz CT molecular complexity index is 499. The van der Waals surface area contributed by atoms with E-state index in [0.717, 1.165) is 23.3 Å². The average Bonchev–Trinajstić information content (AvgIpc) is 2.74. The standard InChI is InChI=1S/C10H17N5O/c1-4-7-8-9(14(2)13-7)15(5-6-16-3)10(11)12-8/h4-6H2,1-3H3,(H2,11,12). The molecule has 0 aliphatic carbocycles. The Hall–Kier alpha value is -1.56. The molecule has 0 unspecified atom stereocenters. The predicted molar refractivity (Wildman–Crippen MR) is 62.2 cm³/mol. The van der Waals surface area contributed by atoms with Crippen LogP contribution in [0.2, 0.25) is 0 Å². The fourth-order valence-electron chi connectivity index (χ4n) is 1.90. The molecule has 88 valence electrons. The lowest BCUT2D eigenvalue weighted by molar-refractivity contribution is 0.188. The van der Waals surface area contributed by atoms with Gasteiger partial charge in [0.25, 0.3) is 0 Å². The molecule has 0 fully saturated rings. The second-order valence-corrected chi connectivity index (χ2v) is 3.71. The van der Waals surface area contributed by atoms with Crippen molar-refractivity contribution in [3.05, 3.63) is 5.69 Å². The van der Waals surface area contributed by atoms with Gasteiger partial charge in [-0.3, -0.25) is 9.25 Å². The van der Waals surface area contributed by atoms with Crippen molar-refractivity contribution in [2.24, 2.45) is 7.05 Å². The minimum absolute atomic E-state index is 0.523. The number of anilines is 1. The van der Waals surface area contributed by atoms with Gasteiger partial charge >= 0.3 is 0 Å². The smallest absolute Gasteiger partial charge is 0.202 e. The van der Waals surface area contributed by atoms with E-state index in [0.29, 0.717) is 19.1 Å². The minimum Gasteiger partial charge on any atom is -0.383 e. The highest BCUT2D eigenvalue weighted by atomic mass is 16.5. The van der Waals surface area contributed by atoms with Crippen LogP contribution in [0.5, 0.6) is 0 Å². The van der Waals surface area contributed by atoms with Gasteiger partial charge in [-0.25, -0.2) is 4.98 Å². The number of hydrogen-bond acceptors (Lipinski definition) is 4. The normalized spacial score (nSPS) is 11.4. The maximum atomic E-state index is 5.89. The molecule has 0 radical (unpaired) electrons. The summed E-state index contributed by atoms with van der Waals surface area (Å²) in [4.78, 5) is 4.36. The molecule has 0 bridgehead atoms. The minimum atomic E-state index is 0.523. The number of nitrogens with zero attached hydrogens (tertiary/aromatic N) is 4. The molecule has 6 heteroatoms. The summed E-state index contributed by atoms with van der Waals surface area (Å²) in [5.41, 5.74) is 8.74. The van der Waals surface area contributed by atoms with Gasteiger partial charge < -0.3 is 10.5 Å². The summed E-state index contributed by atoms with van der Waals surface area (Å²) in [7, 11) is 3.58. The van der Waals surface area contributed by atoms with E-state index >= 15 is 0 Å². The molecule has 2 aromatic heterocycles. The summed E-state index contributed by atoms with van der Waals surface area (Å²) in [6.45, 7) is 3.37. The fourth-order valence-corrected chi connectivity index (χ4v) is 1.90. The number of aryl methyl sites for hydroxylation is 2. The molecule has 0 aromatic carbocycles. The Morgan fingerprint density at radius 2 is 2.19 bits per heavy atom. The Kier molecular flexibility index (Phi) is 2.82. The average molecular weight is 223 g/mol. The van der Waals surface area contributed by atoms with Crippen molar-refractivity contribution < 1.29 is 4.74 Å². The molecule has 0 saturated heterocycles. The maximum absolute atomic E-state index is 5.89. The van der Waals surface area contributed by atoms with Gasteiger partial charge in [-0.2, -0.15) is 5.10 Å². The Morgan fingerprint density at radius 3 is 2.81 bits per heavy atom. The predicted octanol–water partition coefficient (Wildman–Crippen LogP) is 0.561. The molecule has 0 atom stereocenters. The molecular formula is C10H17N5O. The summed E-state index contributed by atoms with van der Waals surface area (Å²) in [5.74, 6) is 0.523. The van der Waals surface area contributed by atoms with Crippen molar-refractivity contribution in [3.63, 3.8) is 0 Å². The molecule has 0 saturated carbocycles. The van der Waals surface area contributed by atoms with Gasteiger partial charge in [-0.15, -0.1) is 0 Å². The van der Waals surface area contributed by atoms with Gasteiger partial charge in [0.15, 0.2) is 5.65 Å². The van der Waals surface area contributed by atoms with Crippen LogP contribution in [0, 0.1) is 0 Å². The van der Waals surface area contributed by atoms with Crippen LogP contribution in [0.3, 0.4) is 0 Å². The highest BCUT2D eigenvalue weighted by Gasteiger charge is 2.16. The van der Waals surface area contributed by atoms with Crippen molar-refractivity contribution in [1.29, 1.82) is 0 Å². The van der Waals surface area contributed by atoms with E-state index in [9.17, 15) is 0 Å². The molecule has 0 spiro atoms. The topological polar surface area (TPSA) is 70.9 Å². The van der Waals surface area contributed by atoms with E-state index in [2.05, 4.69) is 17.0 Å². The zero-order valence-electron chi connectivity index (χ0n) is 9.90. The third-order valence-electron chi connectivity index (χ3n) is 2.67. The number of imidazole rings is 1. The number of fused-ring (bicyclic) bond motifs is 1. The molecule has 2 aromatic rings. The van der Waals surface area contributed by atoms with Crippen LogP contribution >= 0.6 is 0 Å². The van der Waals surface area contributed by atoms with Crippen LogP contribution in [0.25, 0.3) is 11.2 Å². The van der Waals surface area contributed by atoms with Gasteiger partial charge in [0.2, 0.25) is 5.95 Å². The van der Waals surface area contributed by atoms with Crippen LogP contribution in [0.15, 0.2) is 0 Å². The van der Waals surface area contributed by atoms with Gasteiger partial charge in [-0.05, 0) is 6.42 Å². The molecule has 0 amide bonds. The Morgan fingerprint density at radius 1 is 1.44 bits per heavy atom. The molecule has 6 nitrogen and oxygen atoms in total. The second kappa shape index (κ2) is 4.13. The van der Waals surface area contributed by atoms with Crippen molar-refractivity contribution in [1.82, 2.24) is 19.3 Å². The van der Waals surface area contributed by atoms with E-state index in [1.165, 1.54) is 0 Å². The first-order chi connectivity index (χ1) is 7.69. The van der Waals surface area contributed by atoms with E-state index < -0.39 is 0 Å².